The van der Waals surface area contributed by atoms with Crippen molar-refractivity contribution in [1.82, 2.24) is 9.80 Å². The van der Waals surface area contributed by atoms with Crippen molar-refractivity contribution >= 4 is 5.78 Å². The number of carbonyl (C=O) groups excluding carboxylic acids is 1. The summed E-state index contributed by atoms with van der Waals surface area (Å²) < 4.78 is 0. The van der Waals surface area contributed by atoms with Crippen LogP contribution in [0.2, 0.25) is 0 Å². The second-order valence-corrected chi connectivity index (χ2v) is 6.23. The lowest BCUT2D eigenvalue weighted by Gasteiger charge is -2.40. The molecule has 0 spiro atoms. The van der Waals surface area contributed by atoms with Crippen LogP contribution in [0, 0.1) is 6.92 Å². The average Bonchev–Trinajstić information content (AvgIpc) is 2.94. The molecule has 2 heterocycles. The molecule has 3 nitrogen and oxygen atoms in total. The summed E-state index contributed by atoms with van der Waals surface area (Å²) in [6, 6.07) is 8.64. The quantitative estimate of drug-likeness (QED) is 0.789. The molecule has 0 aromatic heterocycles. The van der Waals surface area contributed by atoms with Crippen LogP contribution in [-0.2, 0) is 0 Å². The van der Waals surface area contributed by atoms with Crippen molar-refractivity contribution in [2.45, 2.75) is 38.8 Å². The van der Waals surface area contributed by atoms with Gasteiger partial charge in [0, 0.05) is 31.2 Å². The number of piperazine rings is 1. The van der Waals surface area contributed by atoms with Gasteiger partial charge in [0.2, 0.25) is 0 Å². The molecule has 0 saturated carbocycles. The Balaban J connectivity index is 1.67. The molecular formula is C17H24N2O. The largest absolute Gasteiger partial charge is 0.298 e. The summed E-state index contributed by atoms with van der Waals surface area (Å²) in [6.07, 6.45) is 2.61. The van der Waals surface area contributed by atoms with E-state index in [9.17, 15) is 4.79 Å². The van der Waals surface area contributed by atoms with Crippen molar-refractivity contribution in [3.63, 3.8) is 0 Å². The Kier molecular flexibility index (Phi) is 3.90. The van der Waals surface area contributed by atoms with Gasteiger partial charge in [-0.2, -0.15) is 0 Å². The normalized spacial score (nSPS) is 25.4. The molecular weight excluding hydrogens is 248 g/mol. The molecule has 3 heteroatoms. The highest BCUT2D eigenvalue weighted by Crippen LogP contribution is 2.23. The fourth-order valence-corrected chi connectivity index (χ4v) is 3.49. The number of fused-ring (bicyclic) bond motifs is 1. The zero-order chi connectivity index (χ0) is 14.1. The van der Waals surface area contributed by atoms with Gasteiger partial charge < -0.3 is 0 Å². The molecule has 0 aliphatic carbocycles. The first kappa shape index (κ1) is 13.8. The number of aryl methyl sites for hydroxylation is 1. The van der Waals surface area contributed by atoms with E-state index in [-0.39, 0.29) is 11.8 Å². The molecule has 3 rings (SSSR count). The standard InChI is InChI=1S/C17H24N2O/c1-13-5-7-15(8-6-13)17(20)14(2)19-11-10-18-9-3-4-16(18)12-19/h5-8,14,16H,3-4,9-12H2,1-2H3. The highest BCUT2D eigenvalue weighted by atomic mass is 16.1. The third-order valence-electron chi connectivity index (χ3n) is 4.88. The van der Waals surface area contributed by atoms with Gasteiger partial charge in [-0.3, -0.25) is 14.6 Å². The summed E-state index contributed by atoms with van der Waals surface area (Å²) in [4.78, 5) is 17.5. The summed E-state index contributed by atoms with van der Waals surface area (Å²) in [5, 5.41) is 0. The lowest BCUT2D eigenvalue weighted by atomic mass is 10.0. The first-order valence-corrected chi connectivity index (χ1v) is 7.74. The monoisotopic (exact) mass is 272 g/mol. The summed E-state index contributed by atoms with van der Waals surface area (Å²) >= 11 is 0. The third kappa shape index (κ3) is 2.65. The Morgan fingerprint density at radius 1 is 1.20 bits per heavy atom. The molecule has 2 saturated heterocycles. The summed E-state index contributed by atoms with van der Waals surface area (Å²) in [7, 11) is 0. The minimum Gasteiger partial charge on any atom is -0.298 e. The molecule has 0 bridgehead atoms. The van der Waals surface area contributed by atoms with Gasteiger partial charge >= 0.3 is 0 Å². The van der Waals surface area contributed by atoms with Crippen molar-refractivity contribution in [2.75, 3.05) is 26.2 Å². The minimum absolute atomic E-state index is 0.000422. The van der Waals surface area contributed by atoms with E-state index in [4.69, 9.17) is 0 Å². The first-order chi connectivity index (χ1) is 9.65. The Morgan fingerprint density at radius 2 is 1.95 bits per heavy atom. The average molecular weight is 272 g/mol. The number of ketones is 1. The summed E-state index contributed by atoms with van der Waals surface area (Å²) in [5.74, 6) is 0.261. The molecule has 2 aliphatic heterocycles. The van der Waals surface area contributed by atoms with Crippen LogP contribution in [0.1, 0.15) is 35.7 Å². The molecule has 2 fully saturated rings. The Labute approximate surface area is 121 Å². The van der Waals surface area contributed by atoms with Crippen LogP contribution < -0.4 is 0 Å². The molecule has 0 radical (unpaired) electrons. The highest BCUT2D eigenvalue weighted by molar-refractivity contribution is 5.99. The van der Waals surface area contributed by atoms with E-state index >= 15 is 0 Å². The van der Waals surface area contributed by atoms with E-state index in [0.717, 1.165) is 25.2 Å². The minimum atomic E-state index is 0.000422. The summed E-state index contributed by atoms with van der Waals surface area (Å²) in [6.45, 7) is 8.56. The van der Waals surface area contributed by atoms with Gasteiger partial charge in [-0.05, 0) is 33.2 Å². The van der Waals surface area contributed by atoms with Gasteiger partial charge in [-0.25, -0.2) is 0 Å². The lowest BCUT2D eigenvalue weighted by Crippen LogP contribution is -2.54. The van der Waals surface area contributed by atoms with E-state index in [1.807, 2.05) is 24.3 Å². The molecule has 20 heavy (non-hydrogen) atoms. The second kappa shape index (κ2) is 5.66. The SMILES string of the molecule is Cc1ccc(C(=O)C(C)N2CCN3CCCC3C2)cc1. The number of hydrogen-bond acceptors (Lipinski definition) is 3. The van der Waals surface area contributed by atoms with Crippen molar-refractivity contribution in [3.05, 3.63) is 35.4 Å². The smallest absolute Gasteiger partial charge is 0.179 e. The Bertz CT molecular complexity index is 482. The van der Waals surface area contributed by atoms with Crippen LogP contribution in [0.15, 0.2) is 24.3 Å². The van der Waals surface area contributed by atoms with E-state index in [1.54, 1.807) is 0 Å². The molecule has 0 N–H and O–H groups in total. The number of rotatable bonds is 3. The number of carbonyl (C=O) groups is 1. The predicted molar refractivity (Wildman–Crippen MR) is 81.1 cm³/mol. The zero-order valence-corrected chi connectivity index (χ0v) is 12.5. The van der Waals surface area contributed by atoms with Crippen LogP contribution >= 0.6 is 0 Å². The van der Waals surface area contributed by atoms with Gasteiger partial charge in [0.05, 0.1) is 6.04 Å². The molecule has 1 aromatic carbocycles. The number of Topliss-reactive ketones (excluding diaryl/α,β-unsaturated/α-hetero) is 1. The van der Waals surface area contributed by atoms with Gasteiger partial charge in [0.1, 0.15) is 0 Å². The third-order valence-corrected chi connectivity index (χ3v) is 4.88. The highest BCUT2D eigenvalue weighted by Gasteiger charge is 2.34. The van der Waals surface area contributed by atoms with E-state index < -0.39 is 0 Å². The molecule has 108 valence electrons. The van der Waals surface area contributed by atoms with E-state index in [1.165, 1.54) is 24.9 Å². The van der Waals surface area contributed by atoms with Crippen molar-refractivity contribution in [3.8, 4) is 0 Å². The van der Waals surface area contributed by atoms with Crippen LogP contribution in [-0.4, -0.2) is 53.8 Å². The van der Waals surface area contributed by atoms with Gasteiger partial charge in [-0.1, -0.05) is 29.8 Å². The first-order valence-electron chi connectivity index (χ1n) is 7.74. The topological polar surface area (TPSA) is 23.6 Å². The lowest BCUT2D eigenvalue weighted by molar-refractivity contribution is 0.0602. The van der Waals surface area contributed by atoms with E-state index in [0.29, 0.717) is 6.04 Å². The molecule has 0 amide bonds. The fraction of sp³-hybridized carbons (Fsp3) is 0.588. The van der Waals surface area contributed by atoms with E-state index in [2.05, 4.69) is 23.6 Å². The molecule has 2 unspecified atom stereocenters. The molecule has 2 atom stereocenters. The molecule has 1 aromatic rings. The van der Waals surface area contributed by atoms with Crippen LogP contribution in [0.3, 0.4) is 0 Å². The predicted octanol–water partition coefficient (Wildman–Crippen LogP) is 2.35. The van der Waals surface area contributed by atoms with Crippen molar-refractivity contribution in [1.29, 1.82) is 0 Å². The Hall–Kier alpha value is -1.19. The van der Waals surface area contributed by atoms with Gasteiger partial charge in [-0.15, -0.1) is 0 Å². The number of benzene rings is 1. The van der Waals surface area contributed by atoms with Crippen molar-refractivity contribution < 1.29 is 4.79 Å². The molecule has 2 aliphatic rings. The van der Waals surface area contributed by atoms with Crippen LogP contribution in [0.5, 0.6) is 0 Å². The Morgan fingerprint density at radius 3 is 2.70 bits per heavy atom. The van der Waals surface area contributed by atoms with Crippen molar-refractivity contribution in [2.24, 2.45) is 0 Å². The van der Waals surface area contributed by atoms with Crippen LogP contribution in [0.25, 0.3) is 0 Å². The maximum Gasteiger partial charge on any atom is 0.179 e. The van der Waals surface area contributed by atoms with Gasteiger partial charge in [0.25, 0.3) is 0 Å². The number of nitrogens with zero attached hydrogens (tertiary/aromatic N) is 2. The zero-order valence-electron chi connectivity index (χ0n) is 12.5. The second-order valence-electron chi connectivity index (χ2n) is 6.23. The maximum atomic E-state index is 12.6. The number of hydrogen-bond donors (Lipinski definition) is 0. The summed E-state index contributed by atoms with van der Waals surface area (Å²) in [5.41, 5.74) is 2.05. The van der Waals surface area contributed by atoms with Crippen LogP contribution in [0.4, 0.5) is 0 Å². The maximum absolute atomic E-state index is 12.6. The fourth-order valence-electron chi connectivity index (χ4n) is 3.49. The van der Waals surface area contributed by atoms with Gasteiger partial charge in [0.15, 0.2) is 5.78 Å².